The third kappa shape index (κ3) is 3.75. The molecule has 6 nitrogen and oxygen atoms in total. The molecule has 0 atom stereocenters. The molecule has 0 radical (unpaired) electrons. The van der Waals surface area contributed by atoms with Gasteiger partial charge in [-0.05, 0) is 37.8 Å². The SMILES string of the molecule is O=C(NC1CC1)C1CCN(C(=O)c2cc(-c3cccc(Cl)c3)on2)CC1. The van der Waals surface area contributed by atoms with Crippen LogP contribution in [-0.4, -0.2) is 41.0 Å². The number of amides is 2. The van der Waals surface area contributed by atoms with Crippen LogP contribution in [0.2, 0.25) is 5.02 Å². The highest BCUT2D eigenvalue weighted by atomic mass is 35.5. The Morgan fingerprint density at radius 2 is 1.92 bits per heavy atom. The van der Waals surface area contributed by atoms with E-state index in [9.17, 15) is 9.59 Å². The van der Waals surface area contributed by atoms with E-state index < -0.39 is 0 Å². The standard InChI is InChI=1S/C19H20ClN3O3/c20-14-3-1-2-13(10-14)17-11-16(22-26-17)19(25)23-8-6-12(7-9-23)18(24)21-15-4-5-15/h1-3,10-12,15H,4-9H2,(H,21,24). The summed E-state index contributed by atoms with van der Waals surface area (Å²) in [4.78, 5) is 26.5. The van der Waals surface area contributed by atoms with Gasteiger partial charge in [0.2, 0.25) is 5.91 Å². The zero-order valence-corrected chi connectivity index (χ0v) is 15.0. The van der Waals surface area contributed by atoms with Gasteiger partial charge in [-0.1, -0.05) is 28.9 Å². The van der Waals surface area contributed by atoms with Crippen LogP contribution in [0.5, 0.6) is 0 Å². The van der Waals surface area contributed by atoms with Crippen molar-refractivity contribution in [1.82, 2.24) is 15.4 Å². The Labute approximate surface area is 156 Å². The first-order chi connectivity index (χ1) is 12.6. The Hall–Kier alpha value is -2.34. The molecule has 0 unspecified atom stereocenters. The van der Waals surface area contributed by atoms with Gasteiger partial charge < -0.3 is 14.7 Å². The predicted molar refractivity (Wildman–Crippen MR) is 96.7 cm³/mol. The molecule has 2 heterocycles. The molecule has 136 valence electrons. The topological polar surface area (TPSA) is 75.4 Å². The van der Waals surface area contributed by atoms with E-state index in [1.165, 1.54) is 0 Å². The van der Waals surface area contributed by atoms with Crippen molar-refractivity contribution in [3.8, 4) is 11.3 Å². The van der Waals surface area contributed by atoms with Crippen LogP contribution in [0.3, 0.4) is 0 Å². The van der Waals surface area contributed by atoms with Crippen LogP contribution in [0.15, 0.2) is 34.9 Å². The van der Waals surface area contributed by atoms with E-state index in [0.29, 0.717) is 42.8 Å². The van der Waals surface area contributed by atoms with Crippen molar-refractivity contribution < 1.29 is 14.1 Å². The largest absolute Gasteiger partial charge is 0.355 e. The lowest BCUT2D eigenvalue weighted by Gasteiger charge is -2.30. The molecule has 1 saturated heterocycles. The summed E-state index contributed by atoms with van der Waals surface area (Å²) in [5.74, 6) is 0.473. The van der Waals surface area contributed by atoms with Gasteiger partial charge in [0, 0.05) is 41.7 Å². The number of piperidine rings is 1. The first-order valence-electron chi connectivity index (χ1n) is 8.92. The minimum Gasteiger partial charge on any atom is -0.355 e. The van der Waals surface area contributed by atoms with Gasteiger partial charge in [-0.15, -0.1) is 0 Å². The maximum Gasteiger partial charge on any atom is 0.276 e. The van der Waals surface area contributed by atoms with E-state index in [2.05, 4.69) is 10.5 Å². The summed E-state index contributed by atoms with van der Waals surface area (Å²) in [5, 5.41) is 7.55. The van der Waals surface area contributed by atoms with E-state index in [1.54, 1.807) is 23.1 Å². The third-order valence-electron chi connectivity index (χ3n) is 4.92. The molecule has 1 aliphatic heterocycles. The molecular weight excluding hydrogens is 354 g/mol. The molecule has 26 heavy (non-hydrogen) atoms. The van der Waals surface area contributed by atoms with Gasteiger partial charge in [0.05, 0.1) is 0 Å². The van der Waals surface area contributed by atoms with Crippen LogP contribution in [0, 0.1) is 5.92 Å². The van der Waals surface area contributed by atoms with Crippen molar-refractivity contribution in [1.29, 1.82) is 0 Å². The Morgan fingerprint density at radius 3 is 2.62 bits per heavy atom. The number of hydrogen-bond acceptors (Lipinski definition) is 4. The number of halogens is 1. The van der Waals surface area contributed by atoms with Crippen molar-refractivity contribution in [2.75, 3.05) is 13.1 Å². The number of nitrogens with one attached hydrogen (secondary N) is 1. The Balaban J connectivity index is 1.37. The molecule has 1 N–H and O–H groups in total. The highest BCUT2D eigenvalue weighted by Gasteiger charge is 2.32. The molecule has 0 bridgehead atoms. The number of likely N-dealkylation sites (tertiary alicyclic amines) is 1. The van der Waals surface area contributed by atoms with Crippen LogP contribution < -0.4 is 5.32 Å². The Bertz CT molecular complexity index is 823. The number of carbonyl (C=O) groups excluding carboxylic acids is 2. The fourth-order valence-electron chi connectivity index (χ4n) is 3.21. The van der Waals surface area contributed by atoms with E-state index in [1.807, 2.05) is 12.1 Å². The normalized spacial score (nSPS) is 18.0. The maximum atomic E-state index is 12.7. The number of rotatable bonds is 4. The van der Waals surface area contributed by atoms with Crippen molar-refractivity contribution in [2.45, 2.75) is 31.7 Å². The Kier molecular flexibility index (Phi) is 4.68. The molecule has 1 aromatic heterocycles. The van der Waals surface area contributed by atoms with Gasteiger partial charge in [0.25, 0.3) is 5.91 Å². The van der Waals surface area contributed by atoms with Crippen molar-refractivity contribution in [3.63, 3.8) is 0 Å². The first kappa shape index (κ1) is 17.1. The van der Waals surface area contributed by atoms with E-state index in [0.717, 1.165) is 18.4 Å². The predicted octanol–water partition coefficient (Wildman–Crippen LogP) is 3.13. The molecule has 2 fully saturated rings. The van der Waals surface area contributed by atoms with E-state index in [-0.39, 0.29) is 23.4 Å². The van der Waals surface area contributed by atoms with Gasteiger partial charge in [-0.3, -0.25) is 9.59 Å². The number of hydrogen-bond donors (Lipinski definition) is 1. The van der Waals surface area contributed by atoms with Gasteiger partial charge in [-0.25, -0.2) is 0 Å². The minimum absolute atomic E-state index is 0.000944. The van der Waals surface area contributed by atoms with Crippen molar-refractivity contribution >= 4 is 23.4 Å². The molecule has 1 aromatic carbocycles. The average Bonchev–Trinajstić information content (AvgIpc) is 3.33. The molecule has 4 rings (SSSR count). The highest BCUT2D eigenvalue weighted by molar-refractivity contribution is 6.30. The summed E-state index contributed by atoms with van der Waals surface area (Å²) in [6.45, 7) is 1.11. The second-order valence-corrected chi connectivity index (χ2v) is 7.37. The number of aromatic nitrogens is 1. The first-order valence-corrected chi connectivity index (χ1v) is 9.30. The lowest BCUT2D eigenvalue weighted by molar-refractivity contribution is -0.126. The molecule has 1 aliphatic carbocycles. The molecule has 2 amide bonds. The fraction of sp³-hybridized carbons (Fsp3) is 0.421. The van der Waals surface area contributed by atoms with Gasteiger partial charge in [0.1, 0.15) is 0 Å². The van der Waals surface area contributed by atoms with Crippen LogP contribution in [-0.2, 0) is 4.79 Å². The summed E-state index contributed by atoms with van der Waals surface area (Å²) >= 11 is 5.99. The Morgan fingerprint density at radius 1 is 1.15 bits per heavy atom. The zero-order valence-electron chi connectivity index (χ0n) is 14.3. The van der Waals surface area contributed by atoms with Crippen LogP contribution in [0.1, 0.15) is 36.2 Å². The van der Waals surface area contributed by atoms with Gasteiger partial charge >= 0.3 is 0 Å². The summed E-state index contributed by atoms with van der Waals surface area (Å²) in [5.41, 5.74) is 1.06. The lowest BCUT2D eigenvalue weighted by atomic mass is 9.95. The van der Waals surface area contributed by atoms with E-state index in [4.69, 9.17) is 16.1 Å². The third-order valence-corrected chi connectivity index (χ3v) is 5.15. The van der Waals surface area contributed by atoms with Crippen LogP contribution >= 0.6 is 11.6 Å². The van der Waals surface area contributed by atoms with Crippen molar-refractivity contribution in [2.24, 2.45) is 5.92 Å². The van der Waals surface area contributed by atoms with E-state index >= 15 is 0 Å². The smallest absolute Gasteiger partial charge is 0.276 e. The highest BCUT2D eigenvalue weighted by Crippen LogP contribution is 2.26. The summed E-state index contributed by atoms with van der Waals surface area (Å²) < 4.78 is 5.31. The second kappa shape index (κ2) is 7.11. The minimum atomic E-state index is -0.164. The lowest BCUT2D eigenvalue weighted by Crippen LogP contribution is -2.43. The van der Waals surface area contributed by atoms with Crippen LogP contribution in [0.4, 0.5) is 0 Å². The fourth-order valence-corrected chi connectivity index (χ4v) is 3.40. The number of benzene rings is 1. The molecule has 2 aromatic rings. The zero-order chi connectivity index (χ0) is 18.1. The summed E-state index contributed by atoms with van der Waals surface area (Å²) in [6.07, 6.45) is 3.54. The molecule has 0 spiro atoms. The molecule has 1 saturated carbocycles. The quantitative estimate of drug-likeness (QED) is 0.893. The molecular formula is C19H20ClN3O3. The summed E-state index contributed by atoms with van der Waals surface area (Å²) in [7, 11) is 0. The number of carbonyl (C=O) groups is 2. The van der Waals surface area contributed by atoms with Crippen LogP contribution in [0.25, 0.3) is 11.3 Å². The maximum absolute atomic E-state index is 12.7. The molecule has 2 aliphatic rings. The number of nitrogens with zero attached hydrogens (tertiary/aromatic N) is 2. The van der Waals surface area contributed by atoms with Gasteiger partial charge in [-0.2, -0.15) is 0 Å². The molecule has 7 heteroatoms. The second-order valence-electron chi connectivity index (χ2n) is 6.94. The van der Waals surface area contributed by atoms with Crippen molar-refractivity contribution in [3.05, 3.63) is 41.0 Å². The van der Waals surface area contributed by atoms with Gasteiger partial charge in [0.15, 0.2) is 11.5 Å². The average molecular weight is 374 g/mol. The summed E-state index contributed by atoms with van der Waals surface area (Å²) in [6, 6.07) is 9.23. The monoisotopic (exact) mass is 373 g/mol.